The second kappa shape index (κ2) is 5.68. The molecule has 98 valence electrons. The van der Waals surface area contributed by atoms with Crippen molar-refractivity contribution >= 4 is 45.8 Å². The van der Waals surface area contributed by atoms with Crippen LogP contribution in [0.25, 0.3) is 11.0 Å². The summed E-state index contributed by atoms with van der Waals surface area (Å²) in [6, 6.07) is 3.66. The number of nitrogens with zero attached hydrogens (tertiary/aromatic N) is 2. The molecule has 1 aromatic heterocycles. The maximum atomic E-state index is 6.08. The average Bonchev–Trinajstić information content (AvgIpc) is 2.67. The summed E-state index contributed by atoms with van der Waals surface area (Å²) in [5.74, 6) is 1.82. The number of aromatic nitrogens is 2. The Bertz CT molecular complexity index is 563. The van der Waals surface area contributed by atoms with Crippen molar-refractivity contribution in [3.05, 3.63) is 28.0 Å². The molecule has 0 radical (unpaired) electrons. The fourth-order valence-electron chi connectivity index (χ4n) is 1.92. The van der Waals surface area contributed by atoms with Gasteiger partial charge in [0.2, 0.25) is 0 Å². The third kappa shape index (κ3) is 2.61. The molecule has 2 rings (SSSR count). The summed E-state index contributed by atoms with van der Waals surface area (Å²) in [5.41, 5.74) is 1.85. The average molecular weight is 306 g/mol. The van der Waals surface area contributed by atoms with E-state index < -0.39 is 0 Å². The summed E-state index contributed by atoms with van der Waals surface area (Å²) in [5, 5.41) is 1.08. The molecule has 0 saturated heterocycles. The van der Waals surface area contributed by atoms with Gasteiger partial charge in [-0.15, -0.1) is 11.6 Å². The number of fused-ring (bicyclic) bond motifs is 1. The summed E-state index contributed by atoms with van der Waals surface area (Å²) in [7, 11) is 0. The lowest BCUT2D eigenvalue weighted by Crippen LogP contribution is -2.09. The molecule has 0 bridgehead atoms. The Morgan fingerprint density at radius 3 is 2.56 bits per heavy atom. The molecule has 1 heterocycles. The van der Waals surface area contributed by atoms with Crippen molar-refractivity contribution in [1.82, 2.24) is 9.55 Å². The Labute approximate surface area is 122 Å². The van der Waals surface area contributed by atoms with E-state index in [1.165, 1.54) is 0 Å². The normalized spacial score (nSPS) is 13.2. The number of imidazole rings is 1. The van der Waals surface area contributed by atoms with E-state index >= 15 is 0 Å². The lowest BCUT2D eigenvalue weighted by molar-refractivity contribution is 0.469. The molecule has 0 amide bonds. The van der Waals surface area contributed by atoms with Crippen molar-refractivity contribution in [2.75, 3.05) is 0 Å². The van der Waals surface area contributed by atoms with Crippen molar-refractivity contribution < 1.29 is 0 Å². The predicted octanol–water partition coefficient (Wildman–Crippen LogP) is 5.13. The molecule has 0 aliphatic rings. The monoisotopic (exact) mass is 304 g/mol. The molecule has 0 saturated carbocycles. The maximum Gasteiger partial charge on any atom is 0.124 e. The smallest absolute Gasteiger partial charge is 0.124 e. The molecule has 1 unspecified atom stereocenters. The Hall–Kier alpha value is -0.440. The third-order valence-corrected chi connectivity index (χ3v) is 4.14. The number of hydrogen-bond acceptors (Lipinski definition) is 1. The van der Waals surface area contributed by atoms with E-state index in [0.717, 1.165) is 29.8 Å². The first-order chi connectivity index (χ1) is 8.56. The van der Waals surface area contributed by atoms with Gasteiger partial charge in [-0.05, 0) is 18.1 Å². The lowest BCUT2D eigenvalue weighted by atomic mass is 10.1. The molecule has 0 aliphatic carbocycles. The second-order valence-corrected chi connectivity index (χ2v) is 5.62. The summed E-state index contributed by atoms with van der Waals surface area (Å²) < 4.78 is 2.14. The summed E-state index contributed by atoms with van der Waals surface area (Å²) in [4.78, 5) is 4.51. The van der Waals surface area contributed by atoms with Crippen LogP contribution in [0.5, 0.6) is 0 Å². The van der Waals surface area contributed by atoms with Crippen LogP contribution in [0, 0.1) is 5.92 Å². The summed E-state index contributed by atoms with van der Waals surface area (Å²) in [6.07, 6.45) is 1.11. The molecule has 5 heteroatoms. The fraction of sp³-hybridized carbons (Fsp3) is 0.462. The zero-order valence-corrected chi connectivity index (χ0v) is 12.6. The molecular formula is C13H15Cl3N2. The topological polar surface area (TPSA) is 17.8 Å². The Morgan fingerprint density at radius 1 is 1.28 bits per heavy atom. The molecular weight excluding hydrogens is 291 g/mol. The van der Waals surface area contributed by atoms with Crippen LogP contribution < -0.4 is 0 Å². The van der Waals surface area contributed by atoms with Crippen LogP contribution in [0.15, 0.2) is 12.1 Å². The van der Waals surface area contributed by atoms with E-state index in [1.54, 1.807) is 6.07 Å². The van der Waals surface area contributed by atoms with E-state index in [9.17, 15) is 0 Å². The highest BCUT2D eigenvalue weighted by Crippen LogP contribution is 2.29. The quantitative estimate of drug-likeness (QED) is 0.716. The lowest BCUT2D eigenvalue weighted by Gasteiger charge is -2.13. The number of alkyl halides is 1. The third-order valence-electron chi connectivity index (χ3n) is 3.18. The second-order valence-electron chi connectivity index (χ2n) is 4.54. The van der Waals surface area contributed by atoms with Crippen LogP contribution >= 0.6 is 34.8 Å². The van der Waals surface area contributed by atoms with Gasteiger partial charge in [-0.25, -0.2) is 4.98 Å². The van der Waals surface area contributed by atoms with Crippen LogP contribution in [0.2, 0.25) is 10.0 Å². The van der Waals surface area contributed by atoms with Gasteiger partial charge in [-0.3, -0.25) is 0 Å². The van der Waals surface area contributed by atoms with Crippen LogP contribution in [0.4, 0.5) is 0 Å². The summed E-state index contributed by atoms with van der Waals surface area (Å²) >= 11 is 18.0. The van der Waals surface area contributed by atoms with Gasteiger partial charge in [0.25, 0.3) is 0 Å². The molecule has 2 nitrogen and oxygen atoms in total. The zero-order chi connectivity index (χ0) is 13.3. The number of hydrogen-bond donors (Lipinski definition) is 0. The Balaban J connectivity index is 2.57. The molecule has 0 N–H and O–H groups in total. The van der Waals surface area contributed by atoms with Crippen LogP contribution in [0.3, 0.4) is 0 Å². The van der Waals surface area contributed by atoms with Crippen LogP contribution in [-0.2, 0) is 12.4 Å². The van der Waals surface area contributed by atoms with Crippen molar-refractivity contribution in [3.63, 3.8) is 0 Å². The van der Waals surface area contributed by atoms with Crippen molar-refractivity contribution in [2.45, 2.75) is 32.7 Å². The summed E-state index contributed by atoms with van der Waals surface area (Å²) in [6.45, 7) is 5.28. The predicted molar refractivity (Wildman–Crippen MR) is 78.8 cm³/mol. The molecule has 1 atom stereocenters. The molecule has 0 fully saturated rings. The van der Waals surface area contributed by atoms with E-state index in [0.29, 0.717) is 21.8 Å². The van der Waals surface area contributed by atoms with Gasteiger partial charge in [0.1, 0.15) is 5.82 Å². The fourth-order valence-corrected chi connectivity index (χ4v) is 2.44. The van der Waals surface area contributed by atoms with Gasteiger partial charge in [0, 0.05) is 6.54 Å². The molecule has 18 heavy (non-hydrogen) atoms. The highest BCUT2D eigenvalue weighted by Gasteiger charge is 2.14. The van der Waals surface area contributed by atoms with Gasteiger partial charge in [0.15, 0.2) is 0 Å². The van der Waals surface area contributed by atoms with Gasteiger partial charge < -0.3 is 4.57 Å². The first-order valence-corrected chi connectivity index (χ1v) is 7.26. The minimum absolute atomic E-state index is 0.389. The van der Waals surface area contributed by atoms with E-state index in [4.69, 9.17) is 34.8 Å². The number of benzene rings is 1. The SMILES string of the molecule is CCC(C)Cn1c(CCl)nc2cc(Cl)c(Cl)cc21. The van der Waals surface area contributed by atoms with Gasteiger partial charge >= 0.3 is 0 Å². The van der Waals surface area contributed by atoms with Crippen molar-refractivity contribution in [3.8, 4) is 0 Å². The van der Waals surface area contributed by atoms with Crippen molar-refractivity contribution in [1.29, 1.82) is 0 Å². The van der Waals surface area contributed by atoms with Gasteiger partial charge in [-0.2, -0.15) is 0 Å². The number of rotatable bonds is 4. The van der Waals surface area contributed by atoms with Gasteiger partial charge in [-0.1, -0.05) is 43.5 Å². The standard InChI is InChI=1S/C13H15Cl3N2/c1-3-8(2)7-18-12-5-10(16)9(15)4-11(12)17-13(18)6-14/h4-5,8H,3,6-7H2,1-2H3. The first kappa shape index (κ1) is 14.0. The van der Waals surface area contributed by atoms with E-state index in [2.05, 4.69) is 23.4 Å². The minimum Gasteiger partial charge on any atom is -0.327 e. The van der Waals surface area contributed by atoms with E-state index in [-0.39, 0.29) is 0 Å². The zero-order valence-electron chi connectivity index (χ0n) is 10.4. The highest BCUT2D eigenvalue weighted by molar-refractivity contribution is 6.42. The largest absolute Gasteiger partial charge is 0.327 e. The molecule has 1 aromatic carbocycles. The van der Waals surface area contributed by atoms with Crippen molar-refractivity contribution in [2.24, 2.45) is 5.92 Å². The first-order valence-electron chi connectivity index (χ1n) is 5.97. The molecule has 0 aliphatic heterocycles. The van der Waals surface area contributed by atoms with Gasteiger partial charge in [0.05, 0.1) is 27.0 Å². The van der Waals surface area contributed by atoms with E-state index in [1.807, 2.05) is 6.07 Å². The minimum atomic E-state index is 0.389. The van der Waals surface area contributed by atoms with Crippen LogP contribution in [0.1, 0.15) is 26.1 Å². The Kier molecular flexibility index (Phi) is 4.41. The number of halogens is 3. The molecule has 0 spiro atoms. The Morgan fingerprint density at radius 2 is 1.94 bits per heavy atom. The highest BCUT2D eigenvalue weighted by atomic mass is 35.5. The maximum absolute atomic E-state index is 6.08. The molecule has 2 aromatic rings. The van der Waals surface area contributed by atoms with Crippen LogP contribution in [-0.4, -0.2) is 9.55 Å².